The number of aliphatic hydroxyl groups is 1. The van der Waals surface area contributed by atoms with E-state index in [2.05, 4.69) is 52.2 Å². The number of guanidine groups is 1. The molecule has 1 saturated heterocycles. The topological polar surface area (TPSA) is 481 Å². The number of nitrogens with one attached hydrogen (secondary N) is 7. The van der Waals surface area contributed by atoms with Gasteiger partial charge in [-0.05, 0) is 129 Å². The minimum absolute atomic E-state index is 0.0405. The van der Waals surface area contributed by atoms with Crippen LogP contribution in [0, 0.1) is 0 Å². The van der Waals surface area contributed by atoms with E-state index in [0.717, 1.165) is 0 Å². The Labute approximate surface area is 449 Å². The highest BCUT2D eigenvalue weighted by Gasteiger charge is 2.38. The van der Waals surface area contributed by atoms with Crippen LogP contribution in [0.2, 0.25) is 0 Å². The number of likely N-dealkylation sites (tertiary alicyclic amines) is 1. The number of amides is 9. The molecule has 0 spiro atoms. The summed E-state index contributed by atoms with van der Waals surface area (Å²) in [7, 11) is 0. The third kappa shape index (κ3) is 26.1. The molecule has 22 N–H and O–H groups in total. The molecule has 28 nitrogen and oxygen atoms in total. The second-order valence-corrected chi connectivity index (χ2v) is 18.3. The van der Waals surface area contributed by atoms with Crippen molar-refractivity contribution < 1.29 is 48.3 Å². The molecule has 2 rings (SSSR count). The molecule has 0 bridgehead atoms. The highest BCUT2D eigenvalue weighted by atomic mass is 16.3. The number of aromatic nitrogens is 1. The summed E-state index contributed by atoms with van der Waals surface area (Å²) in [5.41, 5.74) is 39.1. The first kappa shape index (κ1) is 66.1. The summed E-state index contributed by atoms with van der Waals surface area (Å²) in [6, 6.07) is -0.921. The van der Waals surface area contributed by atoms with Gasteiger partial charge in [-0.3, -0.25) is 53.1 Å². The zero-order valence-electron chi connectivity index (χ0n) is 44.3. The lowest BCUT2D eigenvalue weighted by Gasteiger charge is -2.28. The van der Waals surface area contributed by atoms with Crippen molar-refractivity contribution in [2.24, 2.45) is 50.1 Å². The largest absolute Gasteiger partial charge is 0.391 e. The number of unbranched alkanes of at least 4 members (excludes halogenated alkanes) is 3. The number of hydrogen-bond donors (Lipinski definition) is 15. The van der Waals surface area contributed by atoms with E-state index >= 15 is 0 Å². The van der Waals surface area contributed by atoms with Crippen LogP contribution in [0.4, 0.5) is 0 Å². The van der Waals surface area contributed by atoms with Crippen molar-refractivity contribution in [3.63, 3.8) is 0 Å². The van der Waals surface area contributed by atoms with Crippen molar-refractivity contribution in [3.8, 4) is 0 Å². The van der Waals surface area contributed by atoms with Gasteiger partial charge in [0.1, 0.15) is 41.6 Å². The first-order chi connectivity index (χ1) is 36.9. The Morgan fingerprint density at radius 1 is 0.779 bits per heavy atom. The summed E-state index contributed by atoms with van der Waals surface area (Å²) in [6.45, 7) is 2.22. The van der Waals surface area contributed by atoms with Gasteiger partial charge in [0.2, 0.25) is 35.4 Å². The lowest BCUT2D eigenvalue weighted by molar-refractivity contribution is -0.136. The smallest absolute Gasteiger partial charge is 0.269 e. The molecule has 1 aliphatic rings. The summed E-state index contributed by atoms with van der Waals surface area (Å²) >= 11 is 0. The number of aliphatic imine (C=N–C) groups is 2. The van der Waals surface area contributed by atoms with Gasteiger partial charge in [-0.1, -0.05) is 12.1 Å². The summed E-state index contributed by atoms with van der Waals surface area (Å²) < 4.78 is 0. The van der Waals surface area contributed by atoms with Crippen LogP contribution in [-0.2, 0) is 49.6 Å². The first-order valence-electron chi connectivity index (χ1n) is 26.2. The fourth-order valence-corrected chi connectivity index (χ4v) is 7.76. The number of hydrogen-bond acceptors (Lipinski definition) is 17. The van der Waals surface area contributed by atoms with E-state index in [1.807, 2.05) is 0 Å². The van der Waals surface area contributed by atoms with E-state index in [4.69, 9.17) is 40.1 Å². The minimum atomic E-state index is -1.37. The van der Waals surface area contributed by atoms with Gasteiger partial charge in [-0.15, -0.1) is 0 Å². The first-order valence-corrected chi connectivity index (χ1v) is 26.2. The molecule has 0 unspecified atom stereocenters. The molecule has 430 valence electrons. The zero-order valence-corrected chi connectivity index (χ0v) is 44.3. The number of carbonyl (C=O) groups excluding carboxylic acids is 9. The number of carbonyl (C=O) groups is 9. The molecule has 1 aromatic rings. The van der Waals surface area contributed by atoms with Crippen molar-refractivity contribution >= 4 is 64.8 Å². The summed E-state index contributed by atoms with van der Waals surface area (Å²) in [5, 5.41) is 28.0. The Balaban J connectivity index is 2.43. The van der Waals surface area contributed by atoms with Gasteiger partial charge in [0.25, 0.3) is 17.7 Å². The molecule has 77 heavy (non-hydrogen) atoms. The van der Waals surface area contributed by atoms with E-state index in [1.165, 1.54) is 24.1 Å². The van der Waals surface area contributed by atoms with E-state index in [0.29, 0.717) is 70.3 Å². The third-order valence-electron chi connectivity index (χ3n) is 11.9. The molecule has 9 amide bonds. The van der Waals surface area contributed by atoms with Gasteiger partial charge >= 0.3 is 0 Å². The Morgan fingerprint density at radius 3 is 2.06 bits per heavy atom. The molecule has 28 heteroatoms. The van der Waals surface area contributed by atoms with E-state index < -0.39 is 96.0 Å². The molecule has 0 aliphatic carbocycles. The summed E-state index contributed by atoms with van der Waals surface area (Å²) in [4.78, 5) is 136. The Kier molecular flexibility index (Phi) is 32.4. The average molecular weight is 1090 g/mol. The molecule has 0 radical (unpaired) electrons. The van der Waals surface area contributed by atoms with Crippen LogP contribution in [0.15, 0.2) is 46.2 Å². The number of nitrogens with zero attached hydrogens (tertiary/aromatic N) is 4. The number of pyridine rings is 1. The van der Waals surface area contributed by atoms with Crippen molar-refractivity contribution in [1.82, 2.24) is 47.1 Å². The minimum Gasteiger partial charge on any atom is -0.391 e. The summed E-state index contributed by atoms with van der Waals surface area (Å²) in [5.74, 6) is -6.80. The molecular formula is C49H84N18O10. The maximum Gasteiger partial charge on any atom is 0.269 e. The van der Waals surface area contributed by atoms with Gasteiger partial charge in [0, 0.05) is 44.5 Å². The van der Waals surface area contributed by atoms with Crippen LogP contribution >= 0.6 is 0 Å². The van der Waals surface area contributed by atoms with Gasteiger partial charge < -0.3 is 87.4 Å². The number of rotatable bonds is 37. The quantitative estimate of drug-likeness (QED) is 0.0128. The highest BCUT2D eigenvalue weighted by Crippen LogP contribution is 2.20. The maximum atomic E-state index is 14.5. The van der Waals surface area contributed by atoms with Crippen LogP contribution < -0.4 is 77.4 Å². The monoisotopic (exact) mass is 1080 g/mol. The lowest BCUT2D eigenvalue weighted by Crippen LogP contribution is -2.57. The number of aliphatic hydroxyl groups excluding tert-OH is 1. The second kappa shape index (κ2) is 37.7. The van der Waals surface area contributed by atoms with E-state index in [-0.39, 0.29) is 101 Å². The lowest BCUT2D eigenvalue weighted by atomic mass is 10.0. The van der Waals surface area contributed by atoms with Crippen LogP contribution in [0.1, 0.15) is 103 Å². The van der Waals surface area contributed by atoms with Crippen molar-refractivity contribution in [2.75, 3.05) is 58.9 Å². The van der Waals surface area contributed by atoms with Crippen molar-refractivity contribution in [3.05, 3.63) is 41.9 Å². The summed E-state index contributed by atoms with van der Waals surface area (Å²) in [6.07, 6.45) is 5.59. The molecule has 0 aromatic carbocycles. The Hall–Kier alpha value is -6.98. The molecular weight excluding hydrogens is 1000 g/mol. The van der Waals surface area contributed by atoms with E-state index in [1.54, 1.807) is 18.2 Å². The molecule has 1 aliphatic heterocycles. The maximum absolute atomic E-state index is 14.5. The van der Waals surface area contributed by atoms with Crippen molar-refractivity contribution in [2.45, 2.75) is 140 Å². The number of nitrogens with two attached hydrogens (primary N) is 7. The fraction of sp³-hybridized carbons (Fsp3) is 0.633. The van der Waals surface area contributed by atoms with E-state index in [9.17, 15) is 48.3 Å². The normalized spacial score (nSPS) is 15.4. The Morgan fingerprint density at radius 2 is 1.44 bits per heavy atom. The van der Waals surface area contributed by atoms with Crippen LogP contribution in [0.3, 0.4) is 0 Å². The highest BCUT2D eigenvalue weighted by molar-refractivity contribution is 6.40. The van der Waals surface area contributed by atoms with Gasteiger partial charge in [-0.2, -0.15) is 0 Å². The van der Waals surface area contributed by atoms with Crippen LogP contribution in [-0.4, -0.2) is 175 Å². The standard InChI is InChI=1S/C49H84N18O10/c1-31(61-40(69)28-33(68)29-54)42(71)60-30-41(70)62-37(16-10-22-53)48(77)67-26-12-18-39(67)47(76)66-38(27-32-13-4-8-23-57-32)46(75)65-35(15-3-6-20-51)44(73)64-36(17-11-25-59-49(55)56)45(74)63-34(14-2-5-19-50)43(72)58-24-9-7-21-52/h4,8,13,17,23,31,33-35,38-39,68H,2-3,5-7,9-12,14-16,18-22,24-30,50-54H2,1H3,(H,58,72)(H,60,71)(H,61,69)(H,63,74)(H,64,73)(H,65,75)(H,66,76)(H4,55,56,59)/b36-17-,62-37?/t31-,33+,34-,35-,38-,39-/m0/s1. The predicted molar refractivity (Wildman–Crippen MR) is 288 cm³/mol. The Bertz CT molecular complexity index is 2160. The molecule has 1 fully saturated rings. The SMILES string of the molecule is C[C@H](NC(=O)C[C@@H](O)CN)C(=O)NCC(=O)N=C(CCCN)C(=O)N1CCC[C@H]1C(=O)N[C@@H](Cc1ccccn1)C(=O)N[C@@H](CCCCN)C(=O)N/C(=C\CCN=C(N)N)C(=O)N[C@@H](CCCCN)C(=O)NCCCCN. The average Bonchev–Trinajstić information content (AvgIpc) is 3.91. The van der Waals surface area contributed by atoms with Gasteiger partial charge in [0.05, 0.1) is 19.1 Å². The van der Waals surface area contributed by atoms with Crippen molar-refractivity contribution in [1.29, 1.82) is 0 Å². The molecule has 1 aromatic heterocycles. The molecule has 6 atom stereocenters. The molecule has 2 heterocycles. The second-order valence-electron chi connectivity index (χ2n) is 18.3. The van der Waals surface area contributed by atoms with Crippen LogP contribution in [0.5, 0.6) is 0 Å². The third-order valence-corrected chi connectivity index (χ3v) is 11.9. The predicted octanol–water partition coefficient (Wildman–Crippen LogP) is -5.12. The van der Waals surface area contributed by atoms with Crippen LogP contribution in [0.25, 0.3) is 0 Å². The fourth-order valence-electron chi connectivity index (χ4n) is 7.76. The van der Waals surface area contributed by atoms with Gasteiger partial charge in [-0.25, -0.2) is 4.99 Å². The zero-order chi connectivity index (χ0) is 57.1. The molecule has 0 saturated carbocycles. The van der Waals surface area contributed by atoms with Gasteiger partial charge in [0.15, 0.2) is 5.96 Å².